The monoisotopic (exact) mass is 421 g/mol. The summed E-state index contributed by atoms with van der Waals surface area (Å²) in [6.45, 7) is 0.614. The maximum Gasteiger partial charge on any atom is 0.141 e. The lowest BCUT2D eigenvalue weighted by Gasteiger charge is -2.37. The Morgan fingerprint density at radius 2 is 1.25 bits per heavy atom. The lowest BCUT2D eigenvalue weighted by atomic mass is 9.93. The number of benzene rings is 4. The predicted molar refractivity (Wildman–Crippen MR) is 127 cm³/mol. The summed E-state index contributed by atoms with van der Waals surface area (Å²) in [5.74, 6) is 0.844. The first-order valence-electron chi connectivity index (χ1n) is 11.0. The molecule has 1 fully saturated rings. The Kier molecular flexibility index (Phi) is 6.02. The molecule has 0 radical (unpaired) electrons. The molecular formula is C29H27NO2. The molecule has 3 heteroatoms. The average Bonchev–Trinajstić information content (AvgIpc) is 3.30. The maximum atomic E-state index is 6.53. The van der Waals surface area contributed by atoms with E-state index < -0.39 is 0 Å². The Balaban J connectivity index is 1.69. The van der Waals surface area contributed by atoms with Crippen LogP contribution in [0.1, 0.15) is 40.6 Å². The van der Waals surface area contributed by atoms with Crippen LogP contribution in [0, 0.1) is 0 Å². The number of methoxy groups -OCH3 is 1. The predicted octanol–water partition coefficient (Wildman–Crippen LogP) is 6.56. The van der Waals surface area contributed by atoms with E-state index in [0.29, 0.717) is 6.61 Å². The molecule has 160 valence electrons. The van der Waals surface area contributed by atoms with Gasteiger partial charge in [0, 0.05) is 5.56 Å². The summed E-state index contributed by atoms with van der Waals surface area (Å²) in [5.41, 5.74) is 4.78. The summed E-state index contributed by atoms with van der Waals surface area (Å²) in [7, 11) is 1.72. The zero-order valence-electron chi connectivity index (χ0n) is 18.2. The van der Waals surface area contributed by atoms with Crippen molar-refractivity contribution < 1.29 is 9.47 Å². The summed E-state index contributed by atoms with van der Waals surface area (Å²) in [6, 6.07) is 40.3. The molecule has 3 nitrogen and oxygen atoms in total. The van der Waals surface area contributed by atoms with Gasteiger partial charge in [-0.1, -0.05) is 109 Å². The van der Waals surface area contributed by atoms with E-state index in [1.807, 2.05) is 12.1 Å². The zero-order valence-corrected chi connectivity index (χ0v) is 18.2. The van der Waals surface area contributed by atoms with Crippen molar-refractivity contribution in [2.75, 3.05) is 13.7 Å². The van der Waals surface area contributed by atoms with Crippen LogP contribution in [0.4, 0.5) is 0 Å². The Labute approximate surface area is 189 Å². The van der Waals surface area contributed by atoms with Crippen LogP contribution in [-0.2, 0) is 4.74 Å². The van der Waals surface area contributed by atoms with Crippen LogP contribution in [0.15, 0.2) is 115 Å². The second-order valence-corrected chi connectivity index (χ2v) is 8.03. The SMILES string of the molecule is COc1ccccc1[C@H]1OC[C@@H](c2ccccc2)N1C(c1ccccc1)c1ccccc1. The third-order valence-electron chi connectivity index (χ3n) is 6.16. The largest absolute Gasteiger partial charge is 0.496 e. The van der Waals surface area contributed by atoms with Crippen LogP contribution in [0.2, 0.25) is 0 Å². The molecule has 1 aliphatic rings. The molecule has 0 aliphatic carbocycles. The Bertz CT molecular complexity index is 1090. The normalized spacial score (nSPS) is 18.7. The van der Waals surface area contributed by atoms with Crippen LogP contribution < -0.4 is 4.74 Å². The van der Waals surface area contributed by atoms with Crippen molar-refractivity contribution in [2.24, 2.45) is 0 Å². The van der Waals surface area contributed by atoms with Crippen molar-refractivity contribution in [3.63, 3.8) is 0 Å². The van der Waals surface area contributed by atoms with Crippen LogP contribution in [0.5, 0.6) is 5.75 Å². The lowest BCUT2D eigenvalue weighted by Crippen LogP contribution is -2.32. The number of nitrogens with zero attached hydrogens (tertiary/aromatic N) is 1. The number of hydrogen-bond donors (Lipinski definition) is 0. The Morgan fingerprint density at radius 1 is 0.719 bits per heavy atom. The Hall–Kier alpha value is -3.40. The van der Waals surface area contributed by atoms with E-state index in [0.717, 1.165) is 11.3 Å². The molecule has 0 saturated carbocycles. The first-order chi connectivity index (χ1) is 15.9. The van der Waals surface area contributed by atoms with Crippen LogP contribution in [-0.4, -0.2) is 18.6 Å². The van der Waals surface area contributed by atoms with Gasteiger partial charge >= 0.3 is 0 Å². The van der Waals surface area contributed by atoms with Gasteiger partial charge in [0.15, 0.2) is 0 Å². The second-order valence-electron chi connectivity index (χ2n) is 8.03. The zero-order chi connectivity index (χ0) is 21.8. The molecule has 0 unspecified atom stereocenters. The van der Waals surface area contributed by atoms with Gasteiger partial charge in [-0.3, -0.25) is 4.90 Å². The standard InChI is InChI=1S/C29H27NO2/c1-31-27-20-12-11-19-25(27)29-30(26(21-32-29)22-13-5-2-6-14-22)28(23-15-7-3-8-16-23)24-17-9-4-10-18-24/h2-20,26,28-29H,21H2,1H3/t26-,29+/m0/s1. The van der Waals surface area contributed by atoms with Crippen LogP contribution >= 0.6 is 0 Å². The van der Waals surface area contributed by atoms with Gasteiger partial charge in [-0.05, 0) is 22.8 Å². The molecule has 32 heavy (non-hydrogen) atoms. The minimum Gasteiger partial charge on any atom is -0.496 e. The van der Waals surface area contributed by atoms with Gasteiger partial charge < -0.3 is 9.47 Å². The maximum absolute atomic E-state index is 6.53. The van der Waals surface area contributed by atoms with Gasteiger partial charge in [0.1, 0.15) is 12.0 Å². The molecule has 4 aromatic carbocycles. The lowest BCUT2D eigenvalue weighted by molar-refractivity contribution is 0.0109. The van der Waals surface area contributed by atoms with Gasteiger partial charge in [-0.2, -0.15) is 0 Å². The molecule has 0 spiro atoms. The van der Waals surface area contributed by atoms with E-state index in [4.69, 9.17) is 9.47 Å². The second kappa shape index (κ2) is 9.39. The van der Waals surface area contributed by atoms with E-state index in [9.17, 15) is 0 Å². The number of rotatable bonds is 6. The van der Waals surface area contributed by atoms with Crippen molar-refractivity contribution in [1.29, 1.82) is 0 Å². The van der Waals surface area contributed by atoms with E-state index in [2.05, 4.69) is 108 Å². The molecule has 2 atom stereocenters. The molecule has 1 saturated heterocycles. The highest BCUT2D eigenvalue weighted by atomic mass is 16.5. The van der Waals surface area contributed by atoms with Crippen LogP contribution in [0.3, 0.4) is 0 Å². The summed E-state index contributed by atoms with van der Waals surface area (Å²) in [6.07, 6.45) is -0.234. The fraction of sp³-hybridized carbons (Fsp3) is 0.172. The molecule has 1 aliphatic heterocycles. The molecule has 0 bridgehead atoms. The van der Waals surface area contributed by atoms with E-state index in [1.165, 1.54) is 16.7 Å². The summed E-state index contributed by atoms with van der Waals surface area (Å²) in [5, 5.41) is 0. The van der Waals surface area contributed by atoms with Crippen molar-refractivity contribution in [2.45, 2.75) is 18.3 Å². The highest BCUT2D eigenvalue weighted by Crippen LogP contribution is 2.48. The first-order valence-corrected chi connectivity index (χ1v) is 11.0. The molecule has 0 amide bonds. The molecule has 0 aromatic heterocycles. The average molecular weight is 422 g/mol. The van der Waals surface area contributed by atoms with Crippen molar-refractivity contribution in [3.05, 3.63) is 138 Å². The third-order valence-corrected chi connectivity index (χ3v) is 6.16. The number of hydrogen-bond acceptors (Lipinski definition) is 3. The minimum absolute atomic E-state index is 0.0278. The molecule has 0 N–H and O–H groups in total. The molecular weight excluding hydrogens is 394 g/mol. The summed E-state index contributed by atoms with van der Waals surface area (Å²) < 4.78 is 12.3. The van der Waals surface area contributed by atoms with E-state index in [1.54, 1.807) is 7.11 Å². The number of para-hydroxylation sites is 1. The molecule has 4 aromatic rings. The highest BCUT2D eigenvalue weighted by Gasteiger charge is 2.42. The van der Waals surface area contributed by atoms with Gasteiger partial charge in [-0.15, -0.1) is 0 Å². The highest BCUT2D eigenvalue weighted by molar-refractivity contribution is 5.39. The van der Waals surface area contributed by atoms with Crippen molar-refractivity contribution in [1.82, 2.24) is 4.90 Å². The molecule has 1 heterocycles. The summed E-state index contributed by atoms with van der Waals surface area (Å²) in [4.78, 5) is 2.50. The van der Waals surface area contributed by atoms with Gasteiger partial charge in [0.05, 0.1) is 25.8 Å². The Morgan fingerprint density at radius 3 is 1.84 bits per heavy atom. The van der Waals surface area contributed by atoms with Crippen LogP contribution in [0.25, 0.3) is 0 Å². The third kappa shape index (κ3) is 3.93. The van der Waals surface area contributed by atoms with Gasteiger partial charge in [-0.25, -0.2) is 0 Å². The topological polar surface area (TPSA) is 21.7 Å². The number of ether oxygens (including phenoxy) is 2. The molecule has 5 rings (SSSR count). The van der Waals surface area contributed by atoms with Gasteiger partial charge in [0.25, 0.3) is 0 Å². The minimum atomic E-state index is -0.234. The van der Waals surface area contributed by atoms with Gasteiger partial charge in [0.2, 0.25) is 0 Å². The fourth-order valence-electron chi connectivity index (χ4n) is 4.70. The first kappa shape index (κ1) is 20.5. The van der Waals surface area contributed by atoms with Crippen molar-refractivity contribution >= 4 is 0 Å². The quantitative estimate of drug-likeness (QED) is 0.352. The smallest absolute Gasteiger partial charge is 0.141 e. The summed E-state index contributed by atoms with van der Waals surface area (Å²) >= 11 is 0. The fourth-order valence-corrected chi connectivity index (χ4v) is 4.70. The van der Waals surface area contributed by atoms with E-state index >= 15 is 0 Å². The van der Waals surface area contributed by atoms with E-state index in [-0.39, 0.29) is 18.3 Å². The van der Waals surface area contributed by atoms with Crippen molar-refractivity contribution in [3.8, 4) is 5.75 Å².